The van der Waals surface area contributed by atoms with Crippen LogP contribution in [0.15, 0.2) is 23.1 Å². The summed E-state index contributed by atoms with van der Waals surface area (Å²) in [5, 5.41) is 8.94. The molecule has 1 aromatic carbocycles. The van der Waals surface area contributed by atoms with Crippen LogP contribution < -0.4 is 9.47 Å². The number of carbonyl (C=O) groups excluding carboxylic acids is 1. The van der Waals surface area contributed by atoms with Gasteiger partial charge in [0.1, 0.15) is 16.4 Å². The third-order valence-corrected chi connectivity index (χ3v) is 7.18. The first-order valence-corrected chi connectivity index (χ1v) is 11.0. The van der Waals surface area contributed by atoms with Crippen molar-refractivity contribution in [2.24, 2.45) is 0 Å². The Morgan fingerprint density at radius 1 is 1.21 bits per heavy atom. The summed E-state index contributed by atoms with van der Waals surface area (Å²) in [7, 11) is -0.892. The van der Waals surface area contributed by atoms with Gasteiger partial charge >= 0.3 is 0 Å². The summed E-state index contributed by atoms with van der Waals surface area (Å²) in [6.07, 6.45) is 2.03. The summed E-state index contributed by atoms with van der Waals surface area (Å²) in [6.45, 7) is 1.48. The number of carbonyl (C=O) groups is 1. The van der Waals surface area contributed by atoms with E-state index in [1.807, 2.05) is 4.90 Å². The number of ether oxygens (including phenoxy) is 2. The van der Waals surface area contributed by atoms with Gasteiger partial charge in [-0.2, -0.15) is 9.57 Å². The molecule has 1 saturated carbocycles. The first kappa shape index (κ1) is 21.4. The van der Waals surface area contributed by atoms with Gasteiger partial charge in [-0.15, -0.1) is 0 Å². The predicted octanol–water partition coefficient (Wildman–Crippen LogP) is 0.525. The molecule has 9 nitrogen and oxygen atoms in total. The van der Waals surface area contributed by atoms with E-state index < -0.39 is 10.0 Å². The Bertz CT molecular complexity index is 886. The van der Waals surface area contributed by atoms with Crippen LogP contribution in [0.3, 0.4) is 0 Å². The minimum absolute atomic E-state index is 0.0491. The summed E-state index contributed by atoms with van der Waals surface area (Å²) in [5.74, 6) is 0.611. The van der Waals surface area contributed by atoms with Crippen LogP contribution in [0.2, 0.25) is 0 Å². The van der Waals surface area contributed by atoms with E-state index in [-0.39, 0.29) is 42.7 Å². The minimum Gasteiger partial charge on any atom is -0.497 e. The van der Waals surface area contributed by atoms with E-state index >= 15 is 0 Å². The fraction of sp³-hybridized carbons (Fsp3) is 0.579. The Balaban J connectivity index is 1.65. The van der Waals surface area contributed by atoms with Crippen molar-refractivity contribution in [1.29, 1.82) is 5.26 Å². The topological polar surface area (TPSA) is 103 Å². The van der Waals surface area contributed by atoms with E-state index in [1.54, 1.807) is 17.0 Å². The molecule has 0 N–H and O–H groups in total. The average molecular weight is 423 g/mol. The molecule has 1 heterocycles. The Kier molecular flexibility index (Phi) is 6.62. The molecule has 158 valence electrons. The number of rotatable bonds is 8. The average Bonchev–Trinajstić information content (AvgIpc) is 3.58. The SMILES string of the molecule is COc1ccc(OC)c(S(=O)(=O)N2CCN(C(=O)CN(CC#N)C3CC3)CC2)c1. The van der Waals surface area contributed by atoms with E-state index in [0.29, 0.717) is 24.9 Å². The van der Waals surface area contributed by atoms with Crippen molar-refractivity contribution in [1.82, 2.24) is 14.1 Å². The van der Waals surface area contributed by atoms with E-state index in [2.05, 4.69) is 6.07 Å². The highest BCUT2D eigenvalue weighted by Gasteiger charge is 2.35. The third-order valence-electron chi connectivity index (χ3n) is 5.26. The molecule has 0 atom stereocenters. The molecule has 29 heavy (non-hydrogen) atoms. The molecule has 0 spiro atoms. The first-order chi connectivity index (χ1) is 13.9. The maximum absolute atomic E-state index is 13.1. The second-order valence-electron chi connectivity index (χ2n) is 7.10. The Labute approximate surface area is 171 Å². The lowest BCUT2D eigenvalue weighted by Crippen LogP contribution is -2.52. The highest BCUT2D eigenvalue weighted by Crippen LogP contribution is 2.31. The van der Waals surface area contributed by atoms with Crippen molar-refractivity contribution in [3.63, 3.8) is 0 Å². The molecule has 1 aromatic rings. The van der Waals surface area contributed by atoms with Crippen molar-refractivity contribution in [2.75, 3.05) is 53.5 Å². The molecule has 10 heteroatoms. The normalized spacial score (nSPS) is 17.8. The van der Waals surface area contributed by atoms with Crippen LogP contribution in [-0.2, 0) is 14.8 Å². The van der Waals surface area contributed by atoms with Crippen molar-refractivity contribution in [3.8, 4) is 17.6 Å². The molecule has 0 aromatic heterocycles. The summed E-state index contributed by atoms with van der Waals surface area (Å²) in [6, 6.07) is 7.08. The van der Waals surface area contributed by atoms with Crippen molar-refractivity contribution in [2.45, 2.75) is 23.8 Å². The van der Waals surface area contributed by atoms with Gasteiger partial charge in [-0.1, -0.05) is 0 Å². The van der Waals surface area contributed by atoms with E-state index in [0.717, 1.165) is 12.8 Å². The summed E-state index contributed by atoms with van der Waals surface area (Å²) in [4.78, 5) is 16.2. The molecule has 1 aliphatic carbocycles. The third kappa shape index (κ3) is 4.80. The van der Waals surface area contributed by atoms with E-state index in [4.69, 9.17) is 14.7 Å². The Hall–Kier alpha value is -2.35. The summed E-state index contributed by atoms with van der Waals surface area (Å²) >= 11 is 0. The smallest absolute Gasteiger partial charge is 0.247 e. The molecule has 0 radical (unpaired) electrons. The van der Waals surface area contributed by atoms with Crippen molar-refractivity contribution in [3.05, 3.63) is 18.2 Å². The molecule has 3 rings (SSSR count). The van der Waals surface area contributed by atoms with Gasteiger partial charge in [0.15, 0.2) is 0 Å². The number of piperazine rings is 1. The second kappa shape index (κ2) is 8.98. The van der Waals surface area contributed by atoms with Gasteiger partial charge in [0.2, 0.25) is 15.9 Å². The molecule has 1 aliphatic heterocycles. The zero-order valence-electron chi connectivity index (χ0n) is 16.7. The standard InChI is InChI=1S/C19H26N4O5S/c1-27-16-5-6-17(28-2)18(13-16)29(25,26)23-11-9-21(10-12-23)19(24)14-22(8-7-20)15-3-4-15/h5-6,13,15H,3-4,8-12,14H2,1-2H3. The van der Waals surface area contributed by atoms with Crippen molar-refractivity contribution < 1.29 is 22.7 Å². The molecule has 2 fully saturated rings. The summed E-state index contributed by atoms with van der Waals surface area (Å²) in [5.41, 5.74) is 0. The van der Waals surface area contributed by atoms with Gasteiger partial charge < -0.3 is 14.4 Å². The van der Waals surface area contributed by atoms with Gasteiger partial charge in [0.05, 0.1) is 33.4 Å². The van der Waals surface area contributed by atoms with Crippen LogP contribution in [0.1, 0.15) is 12.8 Å². The second-order valence-corrected chi connectivity index (χ2v) is 9.00. The molecular weight excluding hydrogens is 396 g/mol. The number of nitrogens with zero attached hydrogens (tertiary/aromatic N) is 4. The van der Waals surface area contributed by atoms with Crippen LogP contribution in [0.4, 0.5) is 0 Å². The molecule has 0 unspecified atom stereocenters. The Morgan fingerprint density at radius 3 is 2.45 bits per heavy atom. The molecule has 1 amide bonds. The molecule has 1 saturated heterocycles. The largest absolute Gasteiger partial charge is 0.497 e. The van der Waals surface area contributed by atoms with Gasteiger partial charge in [-0.3, -0.25) is 9.69 Å². The van der Waals surface area contributed by atoms with Crippen LogP contribution >= 0.6 is 0 Å². The predicted molar refractivity (Wildman–Crippen MR) is 105 cm³/mol. The zero-order chi connectivity index (χ0) is 21.0. The van der Waals surface area contributed by atoms with Crippen LogP contribution in [0.5, 0.6) is 11.5 Å². The molecule has 0 bridgehead atoms. The lowest BCUT2D eigenvalue weighted by molar-refractivity contribution is -0.133. The van der Waals surface area contributed by atoms with Crippen LogP contribution in [-0.4, -0.2) is 88.0 Å². The highest BCUT2D eigenvalue weighted by molar-refractivity contribution is 7.89. The fourth-order valence-electron chi connectivity index (χ4n) is 3.42. The number of sulfonamides is 1. The number of hydrogen-bond donors (Lipinski definition) is 0. The number of nitriles is 1. The van der Waals surface area contributed by atoms with Gasteiger partial charge in [0.25, 0.3) is 0 Å². The van der Waals surface area contributed by atoms with E-state index in [9.17, 15) is 13.2 Å². The monoisotopic (exact) mass is 422 g/mol. The van der Waals surface area contributed by atoms with Gasteiger partial charge in [0, 0.05) is 38.3 Å². The lowest BCUT2D eigenvalue weighted by atomic mass is 10.3. The Morgan fingerprint density at radius 2 is 1.90 bits per heavy atom. The maximum Gasteiger partial charge on any atom is 0.247 e. The lowest BCUT2D eigenvalue weighted by Gasteiger charge is -2.35. The quantitative estimate of drug-likeness (QED) is 0.563. The molecule has 2 aliphatic rings. The minimum atomic E-state index is -3.78. The van der Waals surface area contributed by atoms with Crippen LogP contribution in [0, 0.1) is 11.3 Å². The number of hydrogen-bond acceptors (Lipinski definition) is 7. The number of methoxy groups -OCH3 is 2. The number of benzene rings is 1. The van der Waals surface area contributed by atoms with Crippen molar-refractivity contribution >= 4 is 15.9 Å². The van der Waals surface area contributed by atoms with E-state index in [1.165, 1.54) is 24.6 Å². The first-order valence-electron chi connectivity index (χ1n) is 9.51. The highest BCUT2D eigenvalue weighted by atomic mass is 32.2. The van der Waals surface area contributed by atoms with Gasteiger partial charge in [-0.05, 0) is 25.0 Å². The van der Waals surface area contributed by atoms with Gasteiger partial charge in [-0.25, -0.2) is 8.42 Å². The maximum atomic E-state index is 13.1. The zero-order valence-corrected chi connectivity index (χ0v) is 17.5. The fourth-order valence-corrected chi connectivity index (χ4v) is 5.01. The number of amides is 1. The van der Waals surface area contributed by atoms with Crippen LogP contribution in [0.25, 0.3) is 0 Å². The summed E-state index contributed by atoms with van der Waals surface area (Å²) < 4.78 is 38.0. The molecular formula is C19H26N4O5S.